The van der Waals surface area contributed by atoms with Gasteiger partial charge in [0, 0.05) is 5.69 Å². The molecule has 0 atom stereocenters. The number of nitrogens with one attached hydrogen (secondary N) is 1. The van der Waals surface area contributed by atoms with E-state index in [0.717, 1.165) is 17.5 Å². The van der Waals surface area contributed by atoms with Crippen LogP contribution in [0.15, 0.2) is 83.8 Å². The maximum Gasteiger partial charge on any atom is 0.261 e. The Morgan fingerprint density at radius 3 is 2.32 bits per heavy atom. The Morgan fingerprint density at radius 2 is 1.56 bits per heavy atom. The van der Waals surface area contributed by atoms with Gasteiger partial charge in [-0.25, -0.2) is 8.42 Å². The minimum absolute atomic E-state index is 0.0695. The molecule has 3 aromatic carbocycles. The summed E-state index contributed by atoms with van der Waals surface area (Å²) in [6.45, 7) is 0. The highest BCUT2D eigenvalue weighted by molar-refractivity contribution is 7.92. The van der Waals surface area contributed by atoms with Crippen molar-refractivity contribution in [3.63, 3.8) is 0 Å². The van der Waals surface area contributed by atoms with Crippen LogP contribution >= 0.6 is 0 Å². The summed E-state index contributed by atoms with van der Waals surface area (Å²) < 4.78 is 27.6. The van der Waals surface area contributed by atoms with Crippen molar-refractivity contribution >= 4 is 15.7 Å². The molecule has 0 spiro atoms. The molecule has 0 saturated carbocycles. The monoisotopic (exact) mass is 348 g/mol. The van der Waals surface area contributed by atoms with Crippen molar-refractivity contribution in [3.8, 4) is 6.07 Å². The van der Waals surface area contributed by atoms with Crippen molar-refractivity contribution < 1.29 is 8.42 Å². The average molecular weight is 348 g/mol. The molecule has 0 bridgehead atoms. The molecule has 0 fully saturated rings. The summed E-state index contributed by atoms with van der Waals surface area (Å²) in [5.74, 6) is 0. The fraction of sp³-hybridized carbons (Fsp3) is 0.0500. The fourth-order valence-corrected chi connectivity index (χ4v) is 3.62. The minimum atomic E-state index is -3.74. The maximum absolute atomic E-state index is 12.5. The van der Waals surface area contributed by atoms with Crippen LogP contribution in [0.2, 0.25) is 0 Å². The van der Waals surface area contributed by atoms with E-state index in [2.05, 4.69) is 4.72 Å². The van der Waals surface area contributed by atoms with Gasteiger partial charge in [0.1, 0.15) is 0 Å². The Balaban J connectivity index is 1.83. The van der Waals surface area contributed by atoms with Gasteiger partial charge in [-0.1, -0.05) is 48.5 Å². The maximum atomic E-state index is 12.5. The van der Waals surface area contributed by atoms with E-state index in [9.17, 15) is 8.42 Å². The van der Waals surface area contributed by atoms with Crippen molar-refractivity contribution in [3.05, 3.63) is 95.6 Å². The first kappa shape index (κ1) is 16.7. The second kappa shape index (κ2) is 7.20. The van der Waals surface area contributed by atoms with Crippen molar-refractivity contribution in [2.45, 2.75) is 11.3 Å². The molecule has 0 aliphatic heterocycles. The molecule has 0 unspecified atom stereocenters. The number of hydrogen-bond donors (Lipinski definition) is 1. The van der Waals surface area contributed by atoms with Gasteiger partial charge in [0.25, 0.3) is 10.0 Å². The zero-order chi connectivity index (χ0) is 17.7. The summed E-state index contributed by atoms with van der Waals surface area (Å²) in [5.41, 5.74) is 2.97. The largest absolute Gasteiger partial charge is 0.280 e. The van der Waals surface area contributed by atoms with E-state index in [1.165, 1.54) is 12.1 Å². The zero-order valence-corrected chi connectivity index (χ0v) is 14.2. The normalized spacial score (nSPS) is 10.8. The number of benzene rings is 3. The van der Waals surface area contributed by atoms with Crippen LogP contribution in [0.25, 0.3) is 0 Å². The molecule has 3 aromatic rings. The summed E-state index contributed by atoms with van der Waals surface area (Å²) in [6, 6.07) is 25.2. The predicted molar refractivity (Wildman–Crippen MR) is 97.7 cm³/mol. The third-order valence-corrected chi connectivity index (χ3v) is 5.08. The molecular weight excluding hydrogens is 332 g/mol. The summed E-state index contributed by atoms with van der Waals surface area (Å²) in [6.07, 6.45) is 0.723. The van der Waals surface area contributed by atoms with E-state index < -0.39 is 10.0 Å². The van der Waals surface area contributed by atoms with Crippen LogP contribution in [0.3, 0.4) is 0 Å². The van der Waals surface area contributed by atoms with Crippen LogP contribution in [0, 0.1) is 11.3 Å². The zero-order valence-electron chi connectivity index (χ0n) is 13.4. The average Bonchev–Trinajstić information content (AvgIpc) is 2.62. The molecule has 0 amide bonds. The lowest BCUT2D eigenvalue weighted by Crippen LogP contribution is -2.13. The molecule has 0 heterocycles. The SMILES string of the molecule is N#Cc1cccc(S(=O)(=O)Nc2cccc(Cc3ccccc3)c2)c1. The van der Waals surface area contributed by atoms with Crippen molar-refractivity contribution in [2.75, 3.05) is 4.72 Å². The number of nitrogens with zero attached hydrogens (tertiary/aromatic N) is 1. The van der Waals surface area contributed by atoms with E-state index in [4.69, 9.17) is 5.26 Å². The van der Waals surface area contributed by atoms with Crippen LogP contribution in [-0.2, 0) is 16.4 Å². The molecule has 0 aliphatic rings. The Bertz CT molecular complexity index is 1020. The highest BCUT2D eigenvalue weighted by atomic mass is 32.2. The van der Waals surface area contributed by atoms with Crippen molar-refractivity contribution in [1.29, 1.82) is 5.26 Å². The van der Waals surface area contributed by atoms with Gasteiger partial charge in [-0.3, -0.25) is 4.72 Å². The Labute approximate surface area is 147 Å². The third kappa shape index (κ3) is 4.25. The first-order valence-electron chi connectivity index (χ1n) is 7.73. The highest BCUT2D eigenvalue weighted by Crippen LogP contribution is 2.19. The van der Waals surface area contributed by atoms with Gasteiger partial charge in [-0.05, 0) is 47.9 Å². The van der Waals surface area contributed by atoms with E-state index in [-0.39, 0.29) is 4.90 Å². The molecule has 25 heavy (non-hydrogen) atoms. The molecule has 3 rings (SSSR count). The highest BCUT2D eigenvalue weighted by Gasteiger charge is 2.14. The molecule has 124 valence electrons. The van der Waals surface area contributed by atoms with E-state index in [0.29, 0.717) is 11.3 Å². The summed E-state index contributed by atoms with van der Waals surface area (Å²) in [5, 5.41) is 8.93. The van der Waals surface area contributed by atoms with Gasteiger partial charge < -0.3 is 0 Å². The summed E-state index contributed by atoms with van der Waals surface area (Å²) in [4.78, 5) is 0.0695. The van der Waals surface area contributed by atoms with Crippen molar-refractivity contribution in [2.24, 2.45) is 0 Å². The topological polar surface area (TPSA) is 70.0 Å². The molecule has 4 nitrogen and oxygen atoms in total. The Morgan fingerprint density at radius 1 is 0.840 bits per heavy atom. The molecule has 0 aromatic heterocycles. The predicted octanol–water partition coefficient (Wildman–Crippen LogP) is 3.95. The van der Waals surface area contributed by atoms with Gasteiger partial charge in [0.15, 0.2) is 0 Å². The van der Waals surface area contributed by atoms with Crippen LogP contribution in [-0.4, -0.2) is 8.42 Å². The van der Waals surface area contributed by atoms with Crippen LogP contribution in [0.1, 0.15) is 16.7 Å². The van der Waals surface area contributed by atoms with Gasteiger partial charge in [0.2, 0.25) is 0 Å². The second-order valence-electron chi connectivity index (χ2n) is 5.61. The lowest BCUT2D eigenvalue weighted by Gasteiger charge is -2.10. The lowest BCUT2D eigenvalue weighted by molar-refractivity contribution is 0.601. The molecule has 0 saturated heterocycles. The van der Waals surface area contributed by atoms with Gasteiger partial charge in [-0.2, -0.15) is 5.26 Å². The first-order valence-corrected chi connectivity index (χ1v) is 9.21. The molecular formula is C20H16N2O2S. The Hall–Kier alpha value is -3.10. The van der Waals surface area contributed by atoms with Crippen LogP contribution in [0.4, 0.5) is 5.69 Å². The standard InChI is InChI=1S/C20H16N2O2S/c21-15-18-9-5-11-20(14-18)25(23,24)22-19-10-4-8-17(13-19)12-16-6-2-1-3-7-16/h1-11,13-14,22H,12H2. The second-order valence-corrected chi connectivity index (χ2v) is 7.29. The summed E-state index contributed by atoms with van der Waals surface area (Å²) in [7, 11) is -3.74. The van der Waals surface area contributed by atoms with Gasteiger partial charge in [0.05, 0.1) is 16.5 Å². The lowest BCUT2D eigenvalue weighted by atomic mass is 10.0. The molecule has 5 heteroatoms. The third-order valence-electron chi connectivity index (χ3n) is 3.70. The van der Waals surface area contributed by atoms with E-state index >= 15 is 0 Å². The molecule has 1 N–H and O–H groups in total. The number of rotatable bonds is 5. The smallest absolute Gasteiger partial charge is 0.261 e. The van der Waals surface area contributed by atoms with Crippen LogP contribution in [0.5, 0.6) is 0 Å². The number of hydrogen-bond acceptors (Lipinski definition) is 3. The number of sulfonamides is 1. The van der Waals surface area contributed by atoms with Crippen molar-refractivity contribution in [1.82, 2.24) is 0 Å². The number of nitriles is 1. The van der Waals surface area contributed by atoms with Gasteiger partial charge >= 0.3 is 0 Å². The van der Waals surface area contributed by atoms with Gasteiger partial charge in [-0.15, -0.1) is 0 Å². The van der Waals surface area contributed by atoms with Crippen LogP contribution < -0.4 is 4.72 Å². The summed E-state index contributed by atoms with van der Waals surface area (Å²) >= 11 is 0. The Kier molecular flexibility index (Phi) is 4.82. The fourth-order valence-electron chi connectivity index (χ4n) is 2.52. The minimum Gasteiger partial charge on any atom is -0.280 e. The quantitative estimate of drug-likeness (QED) is 0.759. The first-order chi connectivity index (χ1) is 12.1. The van der Waals surface area contributed by atoms with E-state index in [1.807, 2.05) is 54.6 Å². The molecule has 0 aliphatic carbocycles. The number of anilines is 1. The molecule has 0 radical (unpaired) electrons. The van der Waals surface area contributed by atoms with E-state index in [1.54, 1.807) is 18.2 Å².